The molecular weight excluding hydrogens is 687 g/mol. The third kappa shape index (κ3) is 7.74. The van der Waals surface area contributed by atoms with Gasteiger partial charge in [0.2, 0.25) is 0 Å². The zero-order chi connectivity index (χ0) is 37.0. The number of amides is 3. The molecule has 4 aromatic heterocycles. The van der Waals surface area contributed by atoms with E-state index in [2.05, 4.69) is 41.0 Å². The van der Waals surface area contributed by atoms with E-state index in [9.17, 15) is 23.1 Å². The van der Waals surface area contributed by atoms with E-state index in [1.54, 1.807) is 31.5 Å². The third-order valence-electron chi connectivity index (χ3n) is 7.96. The molecule has 4 heterocycles. The lowest BCUT2D eigenvalue weighted by molar-refractivity contribution is 0.202. The number of nitrogens with two attached hydrogens (primary N) is 2. The number of hydrogen-bond acceptors (Lipinski definition) is 10. The minimum atomic E-state index is -3.29. The van der Waals surface area contributed by atoms with Crippen LogP contribution in [0, 0.1) is 0 Å². The number of sulfone groups is 1. The minimum absolute atomic E-state index is 0.179. The first-order chi connectivity index (χ1) is 24.9. The molecule has 3 amide bonds. The number of aromatic nitrogens is 6. The highest BCUT2D eigenvalue weighted by molar-refractivity contribution is 7.90. The lowest BCUT2D eigenvalue weighted by Gasteiger charge is -2.16. The Morgan fingerprint density at radius 3 is 1.83 bits per heavy atom. The van der Waals surface area contributed by atoms with Gasteiger partial charge in [0.05, 0.1) is 15.9 Å². The number of nitrogens with one attached hydrogen (secondary N) is 4. The van der Waals surface area contributed by atoms with Gasteiger partial charge in [0.15, 0.2) is 21.5 Å². The topological polar surface area (TPSA) is 251 Å². The van der Waals surface area contributed by atoms with Gasteiger partial charge in [0.25, 0.3) is 0 Å². The maximum atomic E-state index is 12.3. The number of nitrogen functional groups attached to an aromatic ring is 2. The summed E-state index contributed by atoms with van der Waals surface area (Å²) in [5.41, 5.74) is 17.4. The van der Waals surface area contributed by atoms with Crippen molar-refractivity contribution in [2.24, 2.45) is 0 Å². The summed E-state index contributed by atoms with van der Waals surface area (Å²) in [5, 5.41) is 29.8. The number of benzene rings is 3. The molecule has 264 valence electrons. The van der Waals surface area contributed by atoms with Crippen molar-refractivity contribution in [2.45, 2.75) is 11.8 Å². The van der Waals surface area contributed by atoms with Gasteiger partial charge >= 0.3 is 12.1 Å². The van der Waals surface area contributed by atoms with Gasteiger partial charge in [-0.05, 0) is 102 Å². The van der Waals surface area contributed by atoms with Crippen LogP contribution in [0.15, 0.2) is 102 Å². The first-order valence-electron chi connectivity index (χ1n) is 15.7. The largest absolute Gasteiger partial charge is 0.465 e. The molecule has 0 radical (unpaired) electrons. The second-order valence-electron chi connectivity index (χ2n) is 11.5. The average Bonchev–Trinajstić information content (AvgIpc) is 3.69. The minimum Gasteiger partial charge on any atom is -0.465 e. The molecule has 7 rings (SSSR count). The Kier molecular flexibility index (Phi) is 9.69. The van der Waals surface area contributed by atoms with Crippen LogP contribution in [-0.2, 0) is 9.84 Å². The normalized spacial score (nSPS) is 11.1. The molecule has 17 heteroatoms. The Morgan fingerprint density at radius 2 is 1.29 bits per heavy atom. The van der Waals surface area contributed by atoms with Crippen molar-refractivity contribution in [3.63, 3.8) is 0 Å². The maximum absolute atomic E-state index is 12.3. The number of fused-ring (bicyclic) bond motifs is 2. The highest BCUT2D eigenvalue weighted by atomic mass is 32.2. The van der Waals surface area contributed by atoms with Gasteiger partial charge in [-0.25, -0.2) is 28.0 Å². The molecular formula is C35H33N11O5S. The number of carboxylic acid groups (broad SMARTS) is 1. The van der Waals surface area contributed by atoms with Crippen molar-refractivity contribution in [3.8, 4) is 22.3 Å². The number of carbonyl (C=O) groups excluding carboxylic acids is 1. The number of urea groups is 1. The average molecular weight is 720 g/mol. The molecule has 0 aliphatic heterocycles. The molecule has 0 saturated carbocycles. The van der Waals surface area contributed by atoms with E-state index in [1.807, 2.05) is 48.5 Å². The van der Waals surface area contributed by atoms with Gasteiger partial charge in [-0.1, -0.05) is 12.1 Å². The smallest absolute Gasteiger partial charge is 0.412 e. The number of hydrogen-bond donors (Lipinski definition) is 7. The van der Waals surface area contributed by atoms with Crippen LogP contribution in [-0.4, -0.2) is 68.8 Å². The van der Waals surface area contributed by atoms with E-state index in [-0.39, 0.29) is 4.90 Å². The summed E-state index contributed by atoms with van der Waals surface area (Å²) in [6.07, 6.45) is 3.29. The fourth-order valence-corrected chi connectivity index (χ4v) is 5.94. The monoisotopic (exact) mass is 719 g/mol. The van der Waals surface area contributed by atoms with E-state index in [4.69, 9.17) is 11.5 Å². The van der Waals surface area contributed by atoms with Gasteiger partial charge in [0, 0.05) is 41.7 Å². The first-order valence-corrected chi connectivity index (χ1v) is 17.6. The Morgan fingerprint density at radius 1 is 0.750 bits per heavy atom. The van der Waals surface area contributed by atoms with Gasteiger partial charge in [0.1, 0.15) is 11.6 Å². The SMILES string of the molecule is CCN(C(=O)O)c1cc(-c2ccc3[nH]nc(N)c3c2)ccn1.CS(=O)(=O)c1ccc(NC(=O)Nc2cc(-c3ccc4[nH]nc(N)c4c3)ccn2)cc1. The van der Waals surface area contributed by atoms with E-state index in [0.717, 1.165) is 50.3 Å². The molecule has 0 fully saturated rings. The number of carbonyl (C=O) groups is 2. The van der Waals surface area contributed by atoms with Crippen molar-refractivity contribution < 1.29 is 23.1 Å². The third-order valence-corrected chi connectivity index (χ3v) is 9.09. The van der Waals surface area contributed by atoms with Crippen LogP contribution in [0.3, 0.4) is 0 Å². The molecule has 0 saturated heterocycles. The van der Waals surface area contributed by atoms with E-state index >= 15 is 0 Å². The molecule has 16 nitrogen and oxygen atoms in total. The van der Waals surface area contributed by atoms with Crippen LogP contribution >= 0.6 is 0 Å². The Hall–Kier alpha value is -7.01. The van der Waals surface area contributed by atoms with Crippen molar-refractivity contribution in [1.82, 2.24) is 30.4 Å². The molecule has 0 atom stereocenters. The van der Waals surface area contributed by atoms with Gasteiger partial charge in [-0.2, -0.15) is 10.2 Å². The lowest BCUT2D eigenvalue weighted by Crippen LogP contribution is -2.29. The van der Waals surface area contributed by atoms with Crippen LogP contribution in [0.4, 0.5) is 38.5 Å². The summed E-state index contributed by atoms with van der Waals surface area (Å²) in [4.78, 5) is 33.2. The predicted octanol–water partition coefficient (Wildman–Crippen LogP) is 5.97. The molecule has 0 aliphatic rings. The predicted molar refractivity (Wildman–Crippen MR) is 201 cm³/mol. The summed E-state index contributed by atoms with van der Waals surface area (Å²) < 4.78 is 23.0. The van der Waals surface area contributed by atoms with Crippen molar-refractivity contribution in [2.75, 3.05) is 39.8 Å². The number of pyridine rings is 2. The molecule has 52 heavy (non-hydrogen) atoms. The molecule has 0 spiro atoms. The molecule has 0 aliphatic carbocycles. The summed E-state index contributed by atoms with van der Waals surface area (Å²) in [6.45, 7) is 2.10. The fourth-order valence-electron chi connectivity index (χ4n) is 5.31. The van der Waals surface area contributed by atoms with E-state index in [0.29, 0.717) is 35.5 Å². The Labute approximate surface area is 296 Å². The van der Waals surface area contributed by atoms with Crippen LogP contribution in [0.1, 0.15) is 6.92 Å². The Bertz CT molecular complexity index is 2530. The van der Waals surface area contributed by atoms with Gasteiger partial charge in [-0.15, -0.1) is 0 Å². The molecule has 3 aromatic carbocycles. The highest BCUT2D eigenvalue weighted by Gasteiger charge is 2.15. The maximum Gasteiger partial charge on any atom is 0.412 e. The first kappa shape index (κ1) is 34.8. The number of anilines is 5. The van der Waals surface area contributed by atoms with Crippen LogP contribution < -0.4 is 27.0 Å². The number of nitrogens with zero attached hydrogens (tertiary/aromatic N) is 5. The summed E-state index contributed by atoms with van der Waals surface area (Å²) in [7, 11) is -3.29. The number of aromatic amines is 2. The quantitative estimate of drug-likeness (QED) is 0.101. The molecule has 7 aromatic rings. The zero-order valence-electron chi connectivity index (χ0n) is 27.8. The van der Waals surface area contributed by atoms with Crippen molar-refractivity contribution in [1.29, 1.82) is 0 Å². The number of H-pyrrole nitrogens is 2. The summed E-state index contributed by atoms with van der Waals surface area (Å²) in [5.74, 6) is 1.61. The number of rotatable bonds is 7. The van der Waals surface area contributed by atoms with Gasteiger partial charge in [-0.3, -0.25) is 20.4 Å². The molecule has 0 unspecified atom stereocenters. The second-order valence-corrected chi connectivity index (χ2v) is 13.5. The zero-order valence-corrected chi connectivity index (χ0v) is 28.6. The summed E-state index contributed by atoms with van der Waals surface area (Å²) in [6, 6.07) is 24.0. The standard InChI is InChI=1S/C20H18N6O3S.C15H15N5O2/c1-30(28,29)15-5-3-14(4-6-15)23-20(27)24-18-11-13(8-9-22-18)12-2-7-17-16(10-12)19(21)26-25-17;1-2-20(15(21)22)13-8-10(5-6-17-13)9-3-4-12-11(7-9)14(16)19-18-12/h2-11H,1H3,(H3,21,25,26)(H2,22,23,24,27);3-8H,2H2,1H3,(H,21,22)(H3,16,18,19). The van der Waals surface area contributed by atoms with E-state index < -0.39 is 22.0 Å². The lowest BCUT2D eigenvalue weighted by atomic mass is 10.0. The van der Waals surface area contributed by atoms with Crippen LogP contribution in [0.2, 0.25) is 0 Å². The molecule has 0 bridgehead atoms. The second kappa shape index (κ2) is 14.5. The van der Waals surface area contributed by atoms with E-state index in [1.165, 1.54) is 29.2 Å². The van der Waals surface area contributed by atoms with Crippen molar-refractivity contribution >= 4 is 72.7 Å². The van der Waals surface area contributed by atoms with Crippen molar-refractivity contribution in [3.05, 3.63) is 97.3 Å². The fraction of sp³-hybridized carbons (Fsp3) is 0.0857. The van der Waals surface area contributed by atoms with Crippen LogP contribution in [0.25, 0.3) is 44.1 Å². The molecule has 9 N–H and O–H groups in total. The van der Waals surface area contributed by atoms with Crippen LogP contribution in [0.5, 0.6) is 0 Å². The summed E-state index contributed by atoms with van der Waals surface area (Å²) >= 11 is 0. The highest BCUT2D eigenvalue weighted by Crippen LogP contribution is 2.29. The Balaban J connectivity index is 0.000000187. The van der Waals surface area contributed by atoms with Gasteiger partial charge < -0.3 is 21.9 Å².